The number of rotatable bonds is 3. The van der Waals surface area contributed by atoms with Crippen LogP contribution in [0.25, 0.3) is 0 Å². The molecule has 0 bridgehead atoms. The summed E-state index contributed by atoms with van der Waals surface area (Å²) in [6.45, 7) is 6.75. The number of benzene rings is 1. The van der Waals surface area contributed by atoms with E-state index in [0.717, 1.165) is 11.3 Å². The van der Waals surface area contributed by atoms with Crippen molar-refractivity contribution in [1.29, 1.82) is 0 Å². The molecule has 0 aromatic heterocycles. The molecule has 1 aromatic rings. The zero-order chi connectivity index (χ0) is 11.6. The van der Waals surface area contributed by atoms with E-state index in [0.29, 0.717) is 6.67 Å². The molecular weight excluding hydrogens is 188 g/mol. The number of hydrogen-bond donors (Lipinski definition) is 1. The van der Waals surface area contributed by atoms with E-state index in [1.54, 1.807) is 7.11 Å². The molecule has 15 heavy (non-hydrogen) atoms. The number of hydrogen-bond acceptors (Lipinski definition) is 3. The van der Waals surface area contributed by atoms with Crippen LogP contribution in [0.1, 0.15) is 16.7 Å². The van der Waals surface area contributed by atoms with Gasteiger partial charge in [0, 0.05) is 12.7 Å². The van der Waals surface area contributed by atoms with Gasteiger partial charge in [-0.2, -0.15) is 0 Å². The number of nitrogens with zero attached hydrogens (tertiary/aromatic N) is 1. The van der Waals surface area contributed by atoms with E-state index in [9.17, 15) is 0 Å². The normalized spacial score (nSPS) is 10.3. The highest BCUT2D eigenvalue weighted by atomic mass is 16.5. The van der Waals surface area contributed by atoms with Crippen LogP contribution in [-0.2, 0) is 0 Å². The van der Waals surface area contributed by atoms with Crippen LogP contribution in [0.4, 0.5) is 5.69 Å². The largest absolute Gasteiger partial charge is 0.496 e. The van der Waals surface area contributed by atoms with Crippen LogP contribution in [0, 0.1) is 20.8 Å². The van der Waals surface area contributed by atoms with Gasteiger partial charge in [-0.3, -0.25) is 0 Å². The topological polar surface area (TPSA) is 38.5 Å². The third-order valence-electron chi connectivity index (χ3n) is 2.89. The minimum atomic E-state index is 0.520. The molecule has 0 aliphatic carbocycles. The summed E-state index contributed by atoms with van der Waals surface area (Å²) < 4.78 is 5.38. The van der Waals surface area contributed by atoms with Gasteiger partial charge in [0.1, 0.15) is 5.75 Å². The predicted molar refractivity (Wildman–Crippen MR) is 64.7 cm³/mol. The Balaban J connectivity index is 3.33. The van der Waals surface area contributed by atoms with Gasteiger partial charge in [0.15, 0.2) is 0 Å². The van der Waals surface area contributed by atoms with Gasteiger partial charge >= 0.3 is 0 Å². The Morgan fingerprint density at radius 2 is 1.87 bits per heavy atom. The molecule has 3 nitrogen and oxygen atoms in total. The third-order valence-corrected chi connectivity index (χ3v) is 2.89. The van der Waals surface area contributed by atoms with Crippen molar-refractivity contribution in [1.82, 2.24) is 0 Å². The van der Waals surface area contributed by atoms with E-state index in [-0.39, 0.29) is 0 Å². The zero-order valence-electron chi connectivity index (χ0n) is 10.2. The van der Waals surface area contributed by atoms with Gasteiger partial charge in [-0.05, 0) is 43.5 Å². The fourth-order valence-electron chi connectivity index (χ4n) is 1.85. The summed E-state index contributed by atoms with van der Waals surface area (Å²) in [7, 11) is 3.70. The van der Waals surface area contributed by atoms with Crippen LogP contribution in [0.5, 0.6) is 5.75 Å². The molecule has 84 valence electrons. The van der Waals surface area contributed by atoms with Crippen molar-refractivity contribution in [2.45, 2.75) is 20.8 Å². The Kier molecular flexibility index (Phi) is 3.58. The lowest BCUT2D eigenvalue weighted by molar-refractivity contribution is 0.408. The van der Waals surface area contributed by atoms with E-state index >= 15 is 0 Å². The standard InChI is InChI=1S/C12H20N2O/c1-8-6-11(14(4)7-13)9(2)10(3)12(8)15-5/h6H,7,13H2,1-5H3. The summed E-state index contributed by atoms with van der Waals surface area (Å²) in [5.41, 5.74) is 10.4. The first kappa shape index (κ1) is 11.9. The van der Waals surface area contributed by atoms with E-state index in [2.05, 4.69) is 26.8 Å². The maximum absolute atomic E-state index is 5.64. The first-order valence-corrected chi connectivity index (χ1v) is 5.09. The van der Waals surface area contributed by atoms with Crippen molar-refractivity contribution in [3.05, 3.63) is 22.8 Å². The molecule has 0 fully saturated rings. The Hall–Kier alpha value is -1.22. The van der Waals surface area contributed by atoms with Crippen LogP contribution in [0.2, 0.25) is 0 Å². The molecule has 0 aliphatic rings. The fraction of sp³-hybridized carbons (Fsp3) is 0.500. The van der Waals surface area contributed by atoms with Crippen LogP contribution in [0.15, 0.2) is 6.07 Å². The molecule has 0 amide bonds. The number of anilines is 1. The highest BCUT2D eigenvalue weighted by Gasteiger charge is 2.12. The molecular formula is C12H20N2O. The summed E-state index contributed by atoms with van der Waals surface area (Å²) in [6.07, 6.45) is 0. The van der Waals surface area contributed by atoms with E-state index in [1.165, 1.54) is 16.8 Å². The Labute approximate surface area is 91.8 Å². The second kappa shape index (κ2) is 4.53. The average molecular weight is 208 g/mol. The quantitative estimate of drug-likeness (QED) is 0.772. The first-order chi connectivity index (χ1) is 7.02. The number of aryl methyl sites for hydroxylation is 1. The highest BCUT2D eigenvalue weighted by Crippen LogP contribution is 2.32. The second-order valence-electron chi connectivity index (χ2n) is 3.88. The van der Waals surface area contributed by atoms with E-state index in [1.807, 2.05) is 11.9 Å². The van der Waals surface area contributed by atoms with Gasteiger partial charge in [0.25, 0.3) is 0 Å². The van der Waals surface area contributed by atoms with Crippen LogP contribution in [0.3, 0.4) is 0 Å². The number of methoxy groups -OCH3 is 1. The second-order valence-corrected chi connectivity index (χ2v) is 3.88. The predicted octanol–water partition coefficient (Wildman–Crippen LogP) is 1.97. The molecule has 0 unspecified atom stereocenters. The monoisotopic (exact) mass is 208 g/mol. The smallest absolute Gasteiger partial charge is 0.125 e. The molecule has 0 atom stereocenters. The van der Waals surface area contributed by atoms with Gasteiger partial charge in [-0.15, -0.1) is 0 Å². The molecule has 0 radical (unpaired) electrons. The van der Waals surface area contributed by atoms with Gasteiger partial charge in [-0.1, -0.05) is 0 Å². The lowest BCUT2D eigenvalue weighted by Gasteiger charge is -2.23. The summed E-state index contributed by atoms with van der Waals surface area (Å²) >= 11 is 0. The maximum atomic E-state index is 5.64. The molecule has 1 aromatic carbocycles. The van der Waals surface area contributed by atoms with Gasteiger partial charge in [0.2, 0.25) is 0 Å². The number of nitrogens with two attached hydrogens (primary N) is 1. The van der Waals surface area contributed by atoms with Gasteiger partial charge in [0.05, 0.1) is 13.8 Å². The van der Waals surface area contributed by atoms with E-state index in [4.69, 9.17) is 10.5 Å². The van der Waals surface area contributed by atoms with Crippen molar-refractivity contribution in [3.8, 4) is 5.75 Å². The number of ether oxygens (including phenoxy) is 1. The molecule has 3 heteroatoms. The van der Waals surface area contributed by atoms with Gasteiger partial charge in [-0.25, -0.2) is 0 Å². The minimum Gasteiger partial charge on any atom is -0.496 e. The van der Waals surface area contributed by atoms with E-state index < -0.39 is 0 Å². The van der Waals surface area contributed by atoms with Crippen molar-refractivity contribution in [2.75, 3.05) is 25.7 Å². The van der Waals surface area contributed by atoms with Gasteiger partial charge < -0.3 is 15.4 Å². The molecule has 0 spiro atoms. The Morgan fingerprint density at radius 1 is 1.27 bits per heavy atom. The van der Waals surface area contributed by atoms with Crippen molar-refractivity contribution >= 4 is 5.69 Å². The maximum Gasteiger partial charge on any atom is 0.125 e. The molecule has 0 aliphatic heterocycles. The van der Waals surface area contributed by atoms with Crippen molar-refractivity contribution in [2.24, 2.45) is 5.73 Å². The molecule has 1 rings (SSSR count). The van der Waals surface area contributed by atoms with Crippen LogP contribution >= 0.6 is 0 Å². The van der Waals surface area contributed by atoms with Crippen molar-refractivity contribution < 1.29 is 4.74 Å². The summed E-state index contributed by atoms with van der Waals surface area (Å²) in [6, 6.07) is 2.12. The third kappa shape index (κ3) is 2.07. The van der Waals surface area contributed by atoms with Crippen molar-refractivity contribution in [3.63, 3.8) is 0 Å². The zero-order valence-corrected chi connectivity index (χ0v) is 10.2. The minimum absolute atomic E-state index is 0.520. The Bertz CT molecular complexity index is 361. The van der Waals surface area contributed by atoms with Crippen LogP contribution in [-0.4, -0.2) is 20.8 Å². The average Bonchev–Trinajstić information content (AvgIpc) is 2.23. The molecule has 0 saturated heterocycles. The van der Waals surface area contributed by atoms with Crippen LogP contribution < -0.4 is 15.4 Å². The lowest BCUT2D eigenvalue weighted by atomic mass is 10.0. The SMILES string of the molecule is COc1c(C)cc(N(C)CN)c(C)c1C. The summed E-state index contributed by atoms with van der Waals surface area (Å²) in [4.78, 5) is 2.04. The fourth-order valence-corrected chi connectivity index (χ4v) is 1.85. The first-order valence-electron chi connectivity index (χ1n) is 5.09. The summed E-state index contributed by atoms with van der Waals surface area (Å²) in [5.74, 6) is 0.974. The molecule has 0 saturated carbocycles. The highest BCUT2D eigenvalue weighted by molar-refractivity contribution is 5.62. The Morgan fingerprint density at radius 3 is 2.33 bits per heavy atom. The lowest BCUT2D eigenvalue weighted by Crippen LogP contribution is -2.26. The summed E-state index contributed by atoms with van der Waals surface area (Å²) in [5, 5.41) is 0. The molecule has 2 N–H and O–H groups in total. The molecule has 0 heterocycles.